The number of likely N-dealkylation sites (tertiary alicyclic amines) is 1. The lowest BCUT2D eigenvalue weighted by molar-refractivity contribution is -0.164. The average molecular weight is 790 g/mol. The van der Waals surface area contributed by atoms with E-state index in [9.17, 15) is 19.5 Å². The third-order valence-corrected chi connectivity index (χ3v) is 11.8. The third kappa shape index (κ3) is 6.48. The van der Waals surface area contributed by atoms with E-state index in [4.69, 9.17) is 9.47 Å². The molecular weight excluding hydrogens is 744 g/mol. The number of rotatable bonds is 7. The Kier molecular flexibility index (Phi) is 10.3. The second kappa shape index (κ2) is 14.8. The van der Waals surface area contributed by atoms with E-state index in [1.54, 1.807) is 27.6 Å². The summed E-state index contributed by atoms with van der Waals surface area (Å²) in [5, 5.41) is 19.4. The molecule has 2 fully saturated rings. The van der Waals surface area contributed by atoms with E-state index >= 15 is 4.79 Å². The van der Waals surface area contributed by atoms with Crippen LogP contribution < -0.4 is 0 Å². The summed E-state index contributed by atoms with van der Waals surface area (Å²) >= 11 is 3.63. The van der Waals surface area contributed by atoms with E-state index in [1.807, 2.05) is 87.5 Å². The minimum absolute atomic E-state index is 0.00530. The van der Waals surface area contributed by atoms with Gasteiger partial charge in [-0.15, -0.1) is 5.10 Å². The van der Waals surface area contributed by atoms with E-state index in [2.05, 4.69) is 26.2 Å². The number of aliphatic hydroxyl groups excluding tert-OH is 1. The summed E-state index contributed by atoms with van der Waals surface area (Å²) in [6, 6.07) is 14.1. The fraction of sp³-hybridized carbons (Fsp3) is 0.487. The van der Waals surface area contributed by atoms with Gasteiger partial charge in [-0.25, -0.2) is 4.68 Å². The first-order valence-electron chi connectivity index (χ1n) is 18.2. The number of para-hydroxylation sites is 1. The number of carbonyl (C=O) groups excluding carboxylic acids is 4. The summed E-state index contributed by atoms with van der Waals surface area (Å²) in [7, 11) is 1.69. The quantitative estimate of drug-likeness (QED) is 0.278. The van der Waals surface area contributed by atoms with Gasteiger partial charge in [0.15, 0.2) is 0 Å². The number of hydrogen-bond acceptors (Lipinski definition) is 9. The van der Waals surface area contributed by atoms with Crippen LogP contribution in [0.25, 0.3) is 11.0 Å². The Hall–Kier alpha value is -4.40. The van der Waals surface area contributed by atoms with Gasteiger partial charge in [0.2, 0.25) is 11.8 Å². The number of aromatic nitrogens is 3. The predicted molar refractivity (Wildman–Crippen MR) is 198 cm³/mol. The van der Waals surface area contributed by atoms with Crippen molar-refractivity contribution in [2.24, 2.45) is 17.8 Å². The zero-order valence-electron chi connectivity index (χ0n) is 30.2. The van der Waals surface area contributed by atoms with Crippen LogP contribution in [0.15, 0.2) is 77.3 Å². The Morgan fingerprint density at radius 1 is 1.00 bits per heavy atom. The maximum atomic E-state index is 15.3. The molecule has 1 aromatic heterocycles. The number of likely N-dealkylation sites (N-methyl/N-ethyl adjacent to an activating group) is 1. The molecule has 1 N–H and O–H groups in total. The highest BCUT2D eigenvalue weighted by Crippen LogP contribution is 2.59. The molecular formula is C39H45BrN6O7. The van der Waals surface area contributed by atoms with Crippen molar-refractivity contribution in [3.63, 3.8) is 0 Å². The summed E-state index contributed by atoms with van der Waals surface area (Å²) in [6.45, 7) is 5.54. The number of carbonyl (C=O) groups is 4. The van der Waals surface area contributed by atoms with Gasteiger partial charge in [0.05, 0.1) is 30.1 Å². The van der Waals surface area contributed by atoms with Crippen molar-refractivity contribution in [2.45, 2.75) is 82.6 Å². The van der Waals surface area contributed by atoms with Crippen LogP contribution in [0.5, 0.6) is 0 Å². The molecule has 53 heavy (non-hydrogen) atoms. The van der Waals surface area contributed by atoms with Gasteiger partial charge in [0.1, 0.15) is 42.0 Å². The summed E-state index contributed by atoms with van der Waals surface area (Å²) in [5.41, 5.74) is 0.536. The van der Waals surface area contributed by atoms with Gasteiger partial charge in [-0.2, -0.15) is 0 Å². The predicted octanol–water partition coefficient (Wildman–Crippen LogP) is 3.98. The third-order valence-electron chi connectivity index (χ3n) is 11.1. The van der Waals surface area contributed by atoms with E-state index < -0.39 is 65.6 Å². The minimum Gasteiger partial charge on any atom is -0.455 e. The number of halogens is 1. The van der Waals surface area contributed by atoms with Gasteiger partial charge in [-0.05, 0) is 49.5 Å². The summed E-state index contributed by atoms with van der Waals surface area (Å²) in [4.78, 5) is 62.9. The molecule has 0 radical (unpaired) electrons. The Morgan fingerprint density at radius 3 is 2.47 bits per heavy atom. The van der Waals surface area contributed by atoms with Crippen LogP contribution in [0.2, 0.25) is 0 Å². The number of cyclic esters (lactones) is 1. The maximum absolute atomic E-state index is 15.3. The number of nitrogens with zero attached hydrogens (tertiary/aromatic N) is 6. The van der Waals surface area contributed by atoms with Crippen LogP contribution in [-0.4, -0.2) is 109 Å². The van der Waals surface area contributed by atoms with Crippen molar-refractivity contribution in [1.29, 1.82) is 0 Å². The van der Waals surface area contributed by atoms with Crippen LogP contribution >= 0.6 is 15.9 Å². The van der Waals surface area contributed by atoms with Gasteiger partial charge in [-0.1, -0.05) is 89.6 Å². The van der Waals surface area contributed by atoms with Crippen LogP contribution in [-0.2, 0) is 35.3 Å². The summed E-state index contributed by atoms with van der Waals surface area (Å²) in [5.74, 6) is -3.84. The van der Waals surface area contributed by atoms with Crippen molar-refractivity contribution >= 4 is 50.7 Å². The first-order valence-corrected chi connectivity index (χ1v) is 19.0. The highest BCUT2D eigenvalue weighted by molar-refractivity contribution is 9.11. The second-order valence-electron chi connectivity index (χ2n) is 14.8. The Balaban J connectivity index is 1.36. The first-order chi connectivity index (χ1) is 25.5. The van der Waals surface area contributed by atoms with Crippen molar-refractivity contribution in [3.05, 3.63) is 82.9 Å². The average Bonchev–Trinajstić information content (AvgIpc) is 3.88. The van der Waals surface area contributed by atoms with Gasteiger partial charge in [-0.3, -0.25) is 19.2 Å². The number of fused-ring (bicyclic) bond motifs is 3. The van der Waals surface area contributed by atoms with Crippen LogP contribution in [0.1, 0.15) is 51.7 Å². The first kappa shape index (κ1) is 36.9. The highest BCUT2D eigenvalue weighted by Gasteiger charge is 2.75. The normalized spacial score (nSPS) is 30.6. The summed E-state index contributed by atoms with van der Waals surface area (Å²) in [6.07, 6.45) is 4.74. The van der Waals surface area contributed by atoms with Gasteiger partial charge in [0, 0.05) is 24.5 Å². The molecule has 0 saturated carbocycles. The van der Waals surface area contributed by atoms with Gasteiger partial charge >= 0.3 is 5.97 Å². The van der Waals surface area contributed by atoms with Crippen LogP contribution in [0.4, 0.5) is 0 Å². The highest BCUT2D eigenvalue weighted by atomic mass is 79.9. The standard InChI is InChI=1S/C39H45BrN6O7/c1-23(2)19-26(21-47)46-35-37(50)44(22-45-29-16-11-10-15-28(29)41-42-45)18-12-6-9-17-30(48)43(4)24(3)33(25-13-7-5-8-14-25)52-38(51)31-32(36(46)49)39(35)20-27(40)34(31)53-39/h5-8,10-16,20,23-24,26,31-35,47H,9,17-19,21-22H2,1-4H3/b12-6-/t24-,26-,31+,32-,33+,34+,35+,39-/m1/s1. The van der Waals surface area contributed by atoms with Crippen LogP contribution in [0.3, 0.4) is 0 Å². The molecule has 4 aliphatic rings. The molecule has 0 aliphatic carbocycles. The topological polar surface area (TPSA) is 147 Å². The maximum Gasteiger partial charge on any atom is 0.313 e. The molecule has 1 spiro atoms. The number of ether oxygens (including phenoxy) is 2. The molecule has 0 unspecified atom stereocenters. The molecule has 13 nitrogen and oxygen atoms in total. The van der Waals surface area contributed by atoms with E-state index in [1.165, 1.54) is 4.90 Å². The van der Waals surface area contributed by atoms with Crippen molar-refractivity contribution in [2.75, 3.05) is 20.2 Å². The molecule has 5 bridgehead atoms. The number of hydrogen-bond donors (Lipinski definition) is 1. The molecule has 3 aromatic rings. The zero-order chi connectivity index (χ0) is 37.6. The Morgan fingerprint density at radius 2 is 1.74 bits per heavy atom. The van der Waals surface area contributed by atoms with Gasteiger partial charge < -0.3 is 29.3 Å². The number of aliphatic hydroxyl groups is 1. The Bertz CT molecular complexity index is 1950. The summed E-state index contributed by atoms with van der Waals surface area (Å²) < 4.78 is 15.2. The second-order valence-corrected chi connectivity index (χ2v) is 15.8. The number of allylic oxidation sites excluding steroid dienone is 1. The molecule has 2 aromatic carbocycles. The van der Waals surface area contributed by atoms with E-state index in [0.717, 1.165) is 5.52 Å². The monoisotopic (exact) mass is 788 g/mol. The minimum atomic E-state index is -1.53. The lowest BCUT2D eigenvalue weighted by atomic mass is 9.74. The molecule has 4 aliphatic heterocycles. The molecule has 280 valence electrons. The fourth-order valence-electron chi connectivity index (χ4n) is 8.42. The molecule has 7 rings (SSSR count). The van der Waals surface area contributed by atoms with Crippen molar-refractivity contribution in [3.8, 4) is 0 Å². The van der Waals surface area contributed by atoms with E-state index in [0.29, 0.717) is 28.4 Å². The van der Waals surface area contributed by atoms with Gasteiger partial charge in [0.25, 0.3) is 5.91 Å². The molecule has 8 atom stereocenters. The smallest absolute Gasteiger partial charge is 0.313 e. The largest absolute Gasteiger partial charge is 0.455 e. The number of amides is 3. The lowest BCUT2D eigenvalue weighted by Gasteiger charge is -2.39. The number of benzene rings is 2. The molecule has 3 amide bonds. The van der Waals surface area contributed by atoms with Crippen molar-refractivity contribution < 1.29 is 33.8 Å². The SMILES string of the molecule is CC(C)C[C@H](CO)N1C(=O)[C@H]2[C@@H]3C(=O)O[C@H](c4ccccc4)[C@@H](C)N(C)C(=O)CC/C=C\CN(Cn4nnc5ccccc54)C(=O)[C@H]1[C@@]21C=C(Br)[C@@H]3O1. The lowest BCUT2D eigenvalue weighted by Crippen LogP contribution is -2.58. The van der Waals surface area contributed by atoms with E-state index in [-0.39, 0.29) is 38.1 Å². The van der Waals surface area contributed by atoms with Crippen molar-refractivity contribution in [1.82, 2.24) is 29.7 Å². The molecule has 5 heterocycles. The molecule has 2 saturated heterocycles. The van der Waals surface area contributed by atoms with Crippen LogP contribution in [0, 0.1) is 17.8 Å². The Labute approximate surface area is 316 Å². The number of esters is 1. The zero-order valence-corrected chi connectivity index (χ0v) is 31.8. The fourth-order valence-corrected chi connectivity index (χ4v) is 9.15. The molecule has 14 heteroatoms.